The average Bonchev–Trinajstić information content (AvgIpc) is 3.68. The Kier molecular flexibility index (Phi) is 10.3. The highest BCUT2D eigenvalue weighted by Crippen LogP contribution is 2.57. The maximum Gasteiger partial charge on any atom is 0.408 e. The van der Waals surface area contributed by atoms with Crippen LogP contribution < -0.4 is 14.8 Å². The van der Waals surface area contributed by atoms with Gasteiger partial charge < -0.3 is 29.2 Å². The zero-order valence-corrected chi connectivity index (χ0v) is 29.4. The fourth-order valence-electron chi connectivity index (χ4n) is 7.47. The molecule has 12 nitrogen and oxygen atoms in total. The van der Waals surface area contributed by atoms with Gasteiger partial charge in [-0.25, -0.2) is 14.8 Å². The summed E-state index contributed by atoms with van der Waals surface area (Å²) in [4.78, 5) is 66.0. The number of cyclic esters (lactones) is 1. The molecule has 7 rings (SSSR count). The van der Waals surface area contributed by atoms with Gasteiger partial charge in [-0.2, -0.15) is 8.78 Å². The number of alkyl halides is 2. The maximum atomic E-state index is 15.0. The van der Waals surface area contributed by atoms with Gasteiger partial charge in [-0.1, -0.05) is 49.3 Å². The zero-order chi connectivity index (χ0) is 37.2. The lowest BCUT2D eigenvalue weighted by molar-refractivity contribution is -0.152. The number of esters is 1. The van der Waals surface area contributed by atoms with Gasteiger partial charge in [0.25, 0.3) is 0 Å². The Labute approximate surface area is 305 Å². The van der Waals surface area contributed by atoms with Crippen molar-refractivity contribution in [2.75, 3.05) is 26.4 Å². The van der Waals surface area contributed by atoms with Crippen LogP contribution in [0.5, 0.6) is 11.6 Å². The van der Waals surface area contributed by atoms with Crippen molar-refractivity contribution in [2.45, 2.75) is 82.4 Å². The molecular formula is C39H42F2N4O8. The van der Waals surface area contributed by atoms with Crippen LogP contribution in [0.3, 0.4) is 0 Å². The SMILES string of the molecule is CCOC(=O)[C@]12CC(=O)[C@@H]3C[C@@H]4CN3C(=O)[C@H](CCCCC/C=C\[C@@H]1C2)NC(=O)OCC(F)(F)COc1cccc(c1)-c1nc2ccccc2nc1O4. The molecule has 1 saturated carbocycles. The van der Waals surface area contributed by atoms with E-state index >= 15 is 0 Å². The van der Waals surface area contributed by atoms with Gasteiger partial charge in [-0.05, 0) is 62.8 Å². The Balaban J connectivity index is 1.29. The van der Waals surface area contributed by atoms with E-state index in [1.807, 2.05) is 18.2 Å². The fraction of sp³-hybridized carbons (Fsp3) is 0.487. The smallest absolute Gasteiger partial charge is 0.408 e. The second-order valence-electron chi connectivity index (χ2n) is 14.2. The molecule has 280 valence electrons. The van der Waals surface area contributed by atoms with Crippen LogP contribution in [0.15, 0.2) is 60.7 Å². The molecule has 4 aliphatic rings. The average molecular weight is 733 g/mol. The molecule has 3 aliphatic heterocycles. The Hall–Kier alpha value is -5.14. The molecule has 2 amide bonds. The van der Waals surface area contributed by atoms with Crippen molar-refractivity contribution in [2.24, 2.45) is 11.3 Å². The zero-order valence-electron chi connectivity index (χ0n) is 29.4. The highest BCUT2D eigenvalue weighted by molar-refractivity contribution is 5.96. The molecule has 1 saturated heterocycles. The minimum atomic E-state index is -3.57. The number of halogens is 2. The topological polar surface area (TPSA) is 146 Å². The standard InChI is InChI=1S/C39H42F2N4O8/c1-2-50-36(48)38-19-25(38)12-6-4-3-5-7-16-30-35(47)45-21-27(18-31(45)32(46)20-38)53-34-33(42-28-14-8-9-15-29(28)43-34)24-11-10-13-26(17-24)51-22-39(40,41)23-52-37(49)44-30/h6,8-15,17,25,27,30-31H,2-5,7,16,18-23H2,1H3,(H,44,49)/b12-6-/t25-,27-,30+,31+,38-/m1/s1. The van der Waals surface area contributed by atoms with E-state index in [0.29, 0.717) is 41.6 Å². The number of fused-ring (bicyclic) bond motifs is 8. The van der Waals surface area contributed by atoms with E-state index in [1.54, 1.807) is 37.3 Å². The first kappa shape index (κ1) is 36.2. The quantitative estimate of drug-likeness (QED) is 0.253. The van der Waals surface area contributed by atoms with E-state index in [0.717, 1.165) is 12.8 Å². The van der Waals surface area contributed by atoms with Crippen LogP contribution in [0.25, 0.3) is 22.3 Å². The number of benzene rings is 2. The van der Waals surface area contributed by atoms with Crippen molar-refractivity contribution in [1.82, 2.24) is 20.2 Å². The summed E-state index contributed by atoms with van der Waals surface area (Å²) in [5.74, 6) is -4.87. The molecule has 1 aliphatic carbocycles. The van der Waals surface area contributed by atoms with Crippen LogP contribution >= 0.6 is 0 Å². The Morgan fingerprint density at radius 2 is 1.81 bits per heavy atom. The van der Waals surface area contributed by atoms with Gasteiger partial charge in [0.05, 0.1) is 35.6 Å². The van der Waals surface area contributed by atoms with E-state index in [-0.39, 0.29) is 55.7 Å². The third kappa shape index (κ3) is 7.96. The number of nitrogens with zero attached hydrogens (tertiary/aromatic N) is 3. The summed E-state index contributed by atoms with van der Waals surface area (Å²) in [6.07, 6.45) is 5.38. The third-order valence-corrected chi connectivity index (χ3v) is 10.3. The van der Waals surface area contributed by atoms with Crippen molar-refractivity contribution in [3.63, 3.8) is 0 Å². The molecule has 2 aromatic carbocycles. The first-order valence-electron chi connectivity index (χ1n) is 18.2. The van der Waals surface area contributed by atoms with Gasteiger partial charge in [0.15, 0.2) is 19.0 Å². The molecular weight excluding hydrogens is 690 g/mol. The van der Waals surface area contributed by atoms with Crippen LogP contribution in [0.4, 0.5) is 13.6 Å². The highest BCUT2D eigenvalue weighted by atomic mass is 19.3. The minimum absolute atomic E-state index is 0.0482. The van der Waals surface area contributed by atoms with Crippen LogP contribution in [-0.2, 0) is 23.9 Å². The predicted molar refractivity (Wildman–Crippen MR) is 187 cm³/mol. The second-order valence-corrected chi connectivity index (χ2v) is 14.2. The molecule has 4 heterocycles. The molecule has 5 atom stereocenters. The number of alkyl carbamates (subject to hydrolysis) is 1. The van der Waals surface area contributed by atoms with Gasteiger partial charge in [0, 0.05) is 18.4 Å². The van der Waals surface area contributed by atoms with Crippen molar-refractivity contribution in [3.05, 3.63) is 60.7 Å². The number of nitrogens with one attached hydrogen (secondary N) is 1. The molecule has 0 spiro atoms. The Morgan fingerprint density at radius 1 is 1.02 bits per heavy atom. The Bertz CT molecular complexity index is 1920. The normalized spacial score (nSPS) is 28.3. The van der Waals surface area contributed by atoms with E-state index in [9.17, 15) is 28.0 Å². The van der Waals surface area contributed by atoms with Crippen LogP contribution in [0.2, 0.25) is 0 Å². The van der Waals surface area contributed by atoms with E-state index in [4.69, 9.17) is 28.9 Å². The second kappa shape index (κ2) is 15.1. The molecule has 53 heavy (non-hydrogen) atoms. The summed E-state index contributed by atoms with van der Waals surface area (Å²) >= 11 is 0. The van der Waals surface area contributed by atoms with Crippen molar-refractivity contribution in [1.29, 1.82) is 0 Å². The summed E-state index contributed by atoms with van der Waals surface area (Å²) in [5, 5.41) is 2.50. The molecule has 1 N–H and O–H groups in total. The summed E-state index contributed by atoms with van der Waals surface area (Å²) < 4.78 is 52.3. The predicted octanol–water partition coefficient (Wildman–Crippen LogP) is 5.82. The number of rotatable bonds is 2. The van der Waals surface area contributed by atoms with Crippen molar-refractivity contribution >= 4 is 34.8 Å². The van der Waals surface area contributed by atoms with E-state index in [2.05, 4.69) is 5.32 Å². The van der Waals surface area contributed by atoms with Gasteiger partial charge in [0.2, 0.25) is 11.8 Å². The monoisotopic (exact) mass is 732 g/mol. The summed E-state index contributed by atoms with van der Waals surface area (Å²) in [6, 6.07) is 11.4. The fourth-order valence-corrected chi connectivity index (χ4v) is 7.47. The summed E-state index contributed by atoms with van der Waals surface area (Å²) in [7, 11) is 0. The number of ether oxygens (including phenoxy) is 4. The molecule has 0 unspecified atom stereocenters. The minimum Gasteiger partial charge on any atom is -0.487 e. The molecule has 14 heteroatoms. The molecule has 3 aromatic rings. The molecule has 1 aromatic heterocycles. The van der Waals surface area contributed by atoms with Crippen LogP contribution in [-0.4, -0.2) is 89.1 Å². The van der Waals surface area contributed by atoms with Gasteiger partial charge >= 0.3 is 18.0 Å². The summed E-state index contributed by atoms with van der Waals surface area (Å²) in [6.45, 7) is -0.542. The number of carbonyl (C=O) groups is 4. The number of carbonyl (C=O) groups excluding carboxylic acids is 4. The van der Waals surface area contributed by atoms with E-state index in [1.165, 1.54) is 17.0 Å². The number of Topliss-reactive ketones (excluding diaryl/α,β-unsaturated/α-hetero) is 1. The van der Waals surface area contributed by atoms with Gasteiger partial charge in [-0.3, -0.25) is 14.4 Å². The third-order valence-electron chi connectivity index (χ3n) is 10.3. The number of hydrogen-bond donors (Lipinski definition) is 1. The number of aromatic nitrogens is 2. The lowest BCUT2D eigenvalue weighted by Crippen LogP contribution is -2.52. The number of para-hydroxylation sites is 2. The highest BCUT2D eigenvalue weighted by Gasteiger charge is 2.61. The van der Waals surface area contributed by atoms with Crippen LogP contribution in [0.1, 0.15) is 58.3 Å². The lowest BCUT2D eigenvalue weighted by Gasteiger charge is -2.29. The van der Waals surface area contributed by atoms with E-state index < -0.39 is 60.7 Å². The first-order chi connectivity index (χ1) is 25.5. The largest absolute Gasteiger partial charge is 0.487 e. The van der Waals surface area contributed by atoms with Crippen LogP contribution in [0, 0.1) is 11.3 Å². The summed E-state index contributed by atoms with van der Waals surface area (Å²) in [5.41, 5.74) is 0.840. The molecule has 0 radical (unpaired) electrons. The molecule has 2 fully saturated rings. The Morgan fingerprint density at radius 3 is 2.62 bits per heavy atom. The van der Waals surface area contributed by atoms with Crippen molar-refractivity contribution < 1.29 is 46.9 Å². The first-order valence-corrected chi connectivity index (χ1v) is 18.2. The maximum absolute atomic E-state index is 15.0. The molecule has 5 bridgehead atoms. The van der Waals surface area contributed by atoms with Gasteiger partial charge in [-0.15, -0.1) is 0 Å². The number of hydrogen-bond acceptors (Lipinski definition) is 10. The van der Waals surface area contributed by atoms with Gasteiger partial charge in [0.1, 0.15) is 23.6 Å². The number of allylic oxidation sites excluding steroid dienone is 2. The number of amides is 2. The number of ketones is 1. The van der Waals surface area contributed by atoms with Crippen molar-refractivity contribution in [3.8, 4) is 22.9 Å². The lowest BCUT2D eigenvalue weighted by atomic mass is 9.91.